The van der Waals surface area contributed by atoms with E-state index in [9.17, 15) is 9.59 Å². The zero-order valence-corrected chi connectivity index (χ0v) is 17.4. The van der Waals surface area contributed by atoms with E-state index in [0.29, 0.717) is 12.5 Å². The normalized spacial score (nSPS) is 16.1. The highest BCUT2D eigenvalue weighted by Gasteiger charge is 2.24. The fourth-order valence-electron chi connectivity index (χ4n) is 3.46. The van der Waals surface area contributed by atoms with Crippen molar-refractivity contribution in [3.63, 3.8) is 0 Å². The van der Waals surface area contributed by atoms with Crippen LogP contribution in [-0.2, 0) is 16.0 Å². The van der Waals surface area contributed by atoms with Crippen LogP contribution in [0, 0.1) is 11.8 Å². The van der Waals surface area contributed by atoms with E-state index in [4.69, 9.17) is 10.5 Å². The standard InChI is InChI=1S/C22H35N3O3/c1-4-28-19-9-7-17(8-10-19)5-6-18-11-13-25(14-12-18)20(26)15-24-22(27)21(23)16(2)3/h7-10,16,18,21H,4-6,11-15,23H2,1-3H3,(H,24,27)/t21-/m0/s1. The van der Waals surface area contributed by atoms with Crippen molar-refractivity contribution in [2.24, 2.45) is 17.6 Å². The Kier molecular flexibility index (Phi) is 8.77. The average Bonchev–Trinajstić information content (AvgIpc) is 2.71. The second-order valence-corrected chi connectivity index (χ2v) is 7.93. The number of carbonyl (C=O) groups is 2. The van der Waals surface area contributed by atoms with Gasteiger partial charge in [-0.1, -0.05) is 26.0 Å². The van der Waals surface area contributed by atoms with Gasteiger partial charge in [0.05, 0.1) is 19.2 Å². The Morgan fingerprint density at radius 1 is 1.21 bits per heavy atom. The van der Waals surface area contributed by atoms with Crippen LogP contribution in [0.25, 0.3) is 0 Å². The van der Waals surface area contributed by atoms with Crippen molar-refractivity contribution in [2.45, 2.75) is 52.5 Å². The maximum absolute atomic E-state index is 12.3. The molecule has 2 amide bonds. The lowest BCUT2D eigenvalue weighted by atomic mass is 9.90. The molecule has 6 heteroatoms. The summed E-state index contributed by atoms with van der Waals surface area (Å²) in [6.45, 7) is 8.02. The Morgan fingerprint density at radius 2 is 1.86 bits per heavy atom. The number of benzene rings is 1. The number of hydrogen-bond acceptors (Lipinski definition) is 4. The number of rotatable bonds is 9. The molecule has 1 aromatic carbocycles. The summed E-state index contributed by atoms with van der Waals surface area (Å²) in [5.41, 5.74) is 7.13. The van der Waals surface area contributed by atoms with Gasteiger partial charge < -0.3 is 20.7 Å². The molecular formula is C22H35N3O3. The summed E-state index contributed by atoms with van der Waals surface area (Å²) in [7, 11) is 0. The minimum atomic E-state index is -0.568. The van der Waals surface area contributed by atoms with E-state index in [1.165, 1.54) is 5.56 Å². The number of hydrogen-bond donors (Lipinski definition) is 2. The van der Waals surface area contributed by atoms with Crippen molar-refractivity contribution in [3.05, 3.63) is 29.8 Å². The highest BCUT2D eigenvalue weighted by atomic mass is 16.5. The Labute approximate surface area is 168 Å². The molecule has 1 heterocycles. The number of likely N-dealkylation sites (tertiary alicyclic amines) is 1. The van der Waals surface area contributed by atoms with Gasteiger partial charge in [-0.3, -0.25) is 9.59 Å². The van der Waals surface area contributed by atoms with Crippen LogP contribution >= 0.6 is 0 Å². The quantitative estimate of drug-likeness (QED) is 0.679. The van der Waals surface area contributed by atoms with Gasteiger partial charge in [0, 0.05) is 13.1 Å². The van der Waals surface area contributed by atoms with Gasteiger partial charge in [-0.25, -0.2) is 0 Å². The van der Waals surface area contributed by atoms with Crippen LogP contribution in [0.15, 0.2) is 24.3 Å². The van der Waals surface area contributed by atoms with E-state index in [2.05, 4.69) is 17.4 Å². The number of nitrogens with one attached hydrogen (secondary N) is 1. The summed E-state index contributed by atoms with van der Waals surface area (Å²) in [5.74, 6) is 1.34. The van der Waals surface area contributed by atoms with E-state index < -0.39 is 6.04 Å². The molecule has 0 aliphatic carbocycles. The van der Waals surface area contributed by atoms with Crippen molar-refractivity contribution >= 4 is 11.8 Å². The number of nitrogens with zero attached hydrogens (tertiary/aromatic N) is 1. The minimum absolute atomic E-state index is 0.0192. The molecule has 1 aromatic rings. The molecule has 156 valence electrons. The van der Waals surface area contributed by atoms with Crippen LogP contribution in [0.3, 0.4) is 0 Å². The summed E-state index contributed by atoms with van der Waals surface area (Å²) in [4.78, 5) is 26.1. The maximum atomic E-state index is 12.3. The molecule has 0 spiro atoms. The third kappa shape index (κ3) is 6.82. The van der Waals surface area contributed by atoms with Crippen molar-refractivity contribution < 1.29 is 14.3 Å². The minimum Gasteiger partial charge on any atom is -0.494 e. The number of amides is 2. The van der Waals surface area contributed by atoms with Crippen LogP contribution in [-0.4, -0.2) is 49.0 Å². The van der Waals surface area contributed by atoms with Gasteiger partial charge in [-0.05, 0) is 62.1 Å². The van der Waals surface area contributed by atoms with Gasteiger partial charge in [0.15, 0.2) is 0 Å². The highest BCUT2D eigenvalue weighted by molar-refractivity contribution is 5.87. The first kappa shape index (κ1) is 22.2. The zero-order valence-electron chi connectivity index (χ0n) is 17.4. The molecule has 28 heavy (non-hydrogen) atoms. The number of piperidine rings is 1. The predicted molar refractivity (Wildman–Crippen MR) is 111 cm³/mol. The van der Waals surface area contributed by atoms with Crippen LogP contribution in [0.4, 0.5) is 0 Å². The molecule has 2 rings (SSSR count). The van der Waals surface area contributed by atoms with Gasteiger partial charge in [0.2, 0.25) is 11.8 Å². The summed E-state index contributed by atoms with van der Waals surface area (Å²) in [6, 6.07) is 7.75. The smallest absolute Gasteiger partial charge is 0.241 e. The summed E-state index contributed by atoms with van der Waals surface area (Å²) in [6.07, 6.45) is 4.22. The van der Waals surface area contributed by atoms with E-state index >= 15 is 0 Å². The van der Waals surface area contributed by atoms with Crippen LogP contribution in [0.2, 0.25) is 0 Å². The molecule has 6 nitrogen and oxygen atoms in total. The predicted octanol–water partition coefficient (Wildman–Crippen LogP) is 2.36. The van der Waals surface area contributed by atoms with Crippen molar-refractivity contribution in [1.82, 2.24) is 10.2 Å². The zero-order chi connectivity index (χ0) is 20.5. The first-order valence-electron chi connectivity index (χ1n) is 10.4. The molecule has 1 aliphatic rings. The van der Waals surface area contributed by atoms with Crippen molar-refractivity contribution in [2.75, 3.05) is 26.2 Å². The molecule has 1 saturated heterocycles. The van der Waals surface area contributed by atoms with E-state index in [-0.39, 0.29) is 24.3 Å². The topological polar surface area (TPSA) is 84.7 Å². The second kappa shape index (κ2) is 11.1. The number of ether oxygens (including phenoxy) is 1. The number of carbonyl (C=O) groups excluding carboxylic acids is 2. The first-order valence-corrected chi connectivity index (χ1v) is 10.4. The molecule has 1 fully saturated rings. The first-order chi connectivity index (χ1) is 13.4. The van der Waals surface area contributed by atoms with Crippen LogP contribution < -0.4 is 15.8 Å². The van der Waals surface area contributed by atoms with Crippen LogP contribution in [0.1, 0.15) is 45.6 Å². The Hall–Kier alpha value is -2.08. The van der Waals surface area contributed by atoms with Gasteiger partial charge in [-0.15, -0.1) is 0 Å². The summed E-state index contributed by atoms with van der Waals surface area (Å²) < 4.78 is 5.48. The third-order valence-electron chi connectivity index (χ3n) is 5.48. The fraction of sp³-hybridized carbons (Fsp3) is 0.636. The fourth-order valence-corrected chi connectivity index (χ4v) is 3.46. The number of nitrogens with two attached hydrogens (primary N) is 1. The average molecular weight is 390 g/mol. The van der Waals surface area contributed by atoms with E-state index in [0.717, 1.165) is 44.5 Å². The molecule has 0 unspecified atom stereocenters. The number of aryl methyl sites for hydroxylation is 1. The molecule has 0 aromatic heterocycles. The molecular weight excluding hydrogens is 354 g/mol. The van der Waals surface area contributed by atoms with Gasteiger partial charge in [0.1, 0.15) is 5.75 Å². The largest absolute Gasteiger partial charge is 0.494 e. The highest BCUT2D eigenvalue weighted by Crippen LogP contribution is 2.23. The SMILES string of the molecule is CCOc1ccc(CCC2CCN(C(=O)CNC(=O)[C@@H](N)C(C)C)CC2)cc1. The Morgan fingerprint density at radius 3 is 2.43 bits per heavy atom. The molecule has 1 atom stereocenters. The lowest BCUT2D eigenvalue weighted by Crippen LogP contribution is -2.49. The van der Waals surface area contributed by atoms with E-state index in [1.54, 1.807) is 0 Å². The Balaban J connectivity index is 1.67. The van der Waals surface area contributed by atoms with Crippen molar-refractivity contribution in [3.8, 4) is 5.75 Å². The monoisotopic (exact) mass is 389 g/mol. The molecule has 1 aliphatic heterocycles. The molecule has 3 N–H and O–H groups in total. The molecule has 0 saturated carbocycles. The summed E-state index contributed by atoms with van der Waals surface area (Å²) >= 11 is 0. The maximum Gasteiger partial charge on any atom is 0.241 e. The van der Waals surface area contributed by atoms with Gasteiger partial charge in [-0.2, -0.15) is 0 Å². The van der Waals surface area contributed by atoms with Gasteiger partial charge >= 0.3 is 0 Å². The molecule has 0 radical (unpaired) electrons. The summed E-state index contributed by atoms with van der Waals surface area (Å²) in [5, 5.41) is 2.67. The van der Waals surface area contributed by atoms with Crippen molar-refractivity contribution in [1.29, 1.82) is 0 Å². The van der Waals surface area contributed by atoms with Gasteiger partial charge in [0.25, 0.3) is 0 Å². The molecule has 0 bridgehead atoms. The lowest BCUT2D eigenvalue weighted by Gasteiger charge is -2.32. The van der Waals surface area contributed by atoms with E-state index in [1.807, 2.05) is 37.8 Å². The lowest BCUT2D eigenvalue weighted by molar-refractivity contribution is -0.134. The second-order valence-electron chi connectivity index (χ2n) is 7.93. The third-order valence-corrected chi connectivity index (χ3v) is 5.48. The van der Waals surface area contributed by atoms with Crippen LogP contribution in [0.5, 0.6) is 5.75 Å². The Bertz CT molecular complexity index is 622.